The maximum absolute atomic E-state index is 12.3. The quantitative estimate of drug-likeness (QED) is 0.780. The zero-order valence-corrected chi connectivity index (χ0v) is 17.7. The number of piperidine rings is 1. The summed E-state index contributed by atoms with van der Waals surface area (Å²) in [5.41, 5.74) is 1.01. The second kappa shape index (κ2) is 5.67. The van der Waals surface area contributed by atoms with Gasteiger partial charge in [-0.2, -0.15) is 0 Å². The number of aliphatic hydroxyl groups is 1. The molecule has 3 fully saturated rings. The molecule has 1 N–H and O–H groups in total. The predicted octanol–water partition coefficient (Wildman–Crippen LogP) is 2.39. The van der Waals surface area contributed by atoms with E-state index in [9.17, 15) is 5.11 Å². The fourth-order valence-electron chi connectivity index (χ4n) is 7.37. The molecule has 1 saturated carbocycles. The van der Waals surface area contributed by atoms with Crippen molar-refractivity contribution >= 4 is 0 Å². The maximum atomic E-state index is 12.3. The van der Waals surface area contributed by atoms with Gasteiger partial charge in [0.2, 0.25) is 5.79 Å². The second-order valence-corrected chi connectivity index (χ2v) is 9.88. The highest BCUT2D eigenvalue weighted by molar-refractivity contribution is 5.63. The molecule has 5 aliphatic rings. The van der Waals surface area contributed by atoms with Crippen molar-refractivity contribution in [3.05, 3.63) is 23.3 Å². The van der Waals surface area contributed by atoms with Gasteiger partial charge in [0.25, 0.3) is 0 Å². The molecule has 6 nitrogen and oxygen atoms in total. The van der Waals surface area contributed by atoms with Gasteiger partial charge in [0.1, 0.15) is 0 Å². The number of likely N-dealkylation sites (tertiary alicyclic amines) is 1. The second-order valence-electron chi connectivity index (χ2n) is 9.88. The summed E-state index contributed by atoms with van der Waals surface area (Å²) < 4.78 is 25.5. The molecule has 158 valence electrons. The normalized spacial score (nSPS) is 47.6. The summed E-state index contributed by atoms with van der Waals surface area (Å²) in [6, 6.07) is 4.24. The van der Waals surface area contributed by atoms with Crippen LogP contribution in [-0.2, 0) is 21.3 Å². The Morgan fingerprint density at radius 1 is 1.14 bits per heavy atom. The smallest absolute Gasteiger partial charge is 0.207 e. The number of likely N-dealkylation sites (N-methyl/N-ethyl adjacent to an activating group) is 1. The van der Waals surface area contributed by atoms with Crippen LogP contribution in [0.2, 0.25) is 0 Å². The lowest BCUT2D eigenvalue weighted by Crippen LogP contribution is -2.80. The molecule has 29 heavy (non-hydrogen) atoms. The average Bonchev–Trinajstić information content (AvgIpc) is 3.03. The highest BCUT2D eigenvalue weighted by Crippen LogP contribution is 2.68. The Labute approximate surface area is 172 Å². The Morgan fingerprint density at radius 2 is 1.90 bits per heavy atom. The minimum Gasteiger partial charge on any atom is -0.493 e. The average molecular weight is 402 g/mol. The van der Waals surface area contributed by atoms with Crippen molar-refractivity contribution in [1.29, 1.82) is 0 Å². The van der Waals surface area contributed by atoms with E-state index in [1.54, 1.807) is 7.11 Å². The molecule has 0 aromatic heterocycles. The third kappa shape index (κ3) is 2.02. The van der Waals surface area contributed by atoms with Gasteiger partial charge in [-0.1, -0.05) is 6.07 Å². The fraction of sp³-hybridized carbons (Fsp3) is 0.739. The Hall–Kier alpha value is -1.34. The minimum absolute atomic E-state index is 0.0741. The van der Waals surface area contributed by atoms with E-state index in [4.69, 9.17) is 18.9 Å². The summed E-state index contributed by atoms with van der Waals surface area (Å²) in [6.07, 6.45) is 3.64. The van der Waals surface area contributed by atoms with Crippen LogP contribution in [0.5, 0.6) is 11.5 Å². The van der Waals surface area contributed by atoms with Crippen molar-refractivity contribution in [1.82, 2.24) is 4.90 Å². The Morgan fingerprint density at radius 3 is 2.62 bits per heavy atom. The molecule has 6 rings (SSSR count). The molecule has 3 heterocycles. The summed E-state index contributed by atoms with van der Waals surface area (Å²) in [5, 5.41) is 12.3. The van der Waals surface area contributed by atoms with Crippen molar-refractivity contribution < 1.29 is 24.1 Å². The summed E-state index contributed by atoms with van der Waals surface area (Å²) in [5.74, 6) is 0.692. The molecule has 7 atom stereocenters. The molecule has 1 aromatic rings. The van der Waals surface area contributed by atoms with Crippen molar-refractivity contribution in [3.8, 4) is 11.5 Å². The zero-order chi connectivity index (χ0) is 20.2. The van der Waals surface area contributed by atoms with Gasteiger partial charge in [-0.25, -0.2) is 0 Å². The van der Waals surface area contributed by atoms with Gasteiger partial charge < -0.3 is 29.0 Å². The third-order valence-electron chi connectivity index (χ3n) is 8.40. The van der Waals surface area contributed by atoms with Gasteiger partial charge in [-0.05, 0) is 64.8 Å². The molecule has 2 bridgehead atoms. The molecular formula is C23H31NO5. The number of methoxy groups -OCH3 is 1. The Bertz CT molecular complexity index is 863. The molecule has 0 radical (unpaired) electrons. The zero-order valence-electron chi connectivity index (χ0n) is 17.7. The highest BCUT2D eigenvalue weighted by atomic mass is 16.7. The van der Waals surface area contributed by atoms with E-state index < -0.39 is 16.8 Å². The summed E-state index contributed by atoms with van der Waals surface area (Å²) >= 11 is 0. The van der Waals surface area contributed by atoms with Crippen molar-refractivity contribution in [2.45, 2.75) is 87.1 Å². The van der Waals surface area contributed by atoms with Gasteiger partial charge >= 0.3 is 0 Å². The van der Waals surface area contributed by atoms with E-state index in [2.05, 4.69) is 31.9 Å². The van der Waals surface area contributed by atoms with Gasteiger partial charge in [-0.15, -0.1) is 0 Å². The van der Waals surface area contributed by atoms with Crippen molar-refractivity contribution in [2.75, 3.05) is 20.7 Å². The molecule has 2 spiro atoms. The summed E-state index contributed by atoms with van der Waals surface area (Å²) in [6.45, 7) is 5.15. The van der Waals surface area contributed by atoms with Crippen LogP contribution in [0.3, 0.4) is 0 Å². The Balaban J connectivity index is 1.61. The lowest BCUT2D eigenvalue weighted by atomic mass is 9.48. The van der Waals surface area contributed by atoms with Crippen LogP contribution in [0.15, 0.2) is 12.1 Å². The number of rotatable bonds is 1. The van der Waals surface area contributed by atoms with E-state index >= 15 is 0 Å². The van der Waals surface area contributed by atoms with Crippen LogP contribution >= 0.6 is 0 Å². The van der Waals surface area contributed by atoms with Crippen molar-refractivity contribution in [3.63, 3.8) is 0 Å². The van der Waals surface area contributed by atoms with Crippen LogP contribution in [0, 0.1) is 0 Å². The van der Waals surface area contributed by atoms with Crippen LogP contribution in [0.25, 0.3) is 0 Å². The van der Waals surface area contributed by atoms with Crippen LogP contribution < -0.4 is 9.47 Å². The topological polar surface area (TPSA) is 60.4 Å². The Kier molecular flexibility index (Phi) is 3.60. The number of ether oxygens (including phenoxy) is 4. The molecule has 0 amide bonds. The van der Waals surface area contributed by atoms with E-state index in [0.717, 1.165) is 42.9 Å². The SMILES string of the molecule is COc1ccc2c3c1O[C@H]1[C@@]4(CCC5(O)[C@@H](C2)N(C)CC[C@]315)O[C@H](C)C[C@H](C)O4. The highest BCUT2D eigenvalue weighted by Gasteiger charge is 2.77. The third-order valence-corrected chi connectivity index (χ3v) is 8.40. The van der Waals surface area contributed by atoms with Crippen LogP contribution in [0.4, 0.5) is 0 Å². The molecule has 2 aliphatic carbocycles. The number of fused-ring (bicyclic) bond motifs is 1. The lowest BCUT2D eigenvalue weighted by molar-refractivity contribution is -0.378. The van der Waals surface area contributed by atoms with E-state index in [-0.39, 0.29) is 24.4 Å². The lowest BCUT2D eigenvalue weighted by Gasteiger charge is -2.66. The number of nitrogens with zero attached hydrogens (tertiary/aromatic N) is 1. The summed E-state index contributed by atoms with van der Waals surface area (Å²) in [4.78, 5) is 2.33. The van der Waals surface area contributed by atoms with Gasteiger partial charge in [0, 0.05) is 18.0 Å². The van der Waals surface area contributed by atoms with Gasteiger partial charge in [-0.3, -0.25) is 0 Å². The predicted molar refractivity (Wildman–Crippen MR) is 106 cm³/mol. The molecule has 1 unspecified atom stereocenters. The number of hydrogen-bond donors (Lipinski definition) is 1. The number of benzene rings is 1. The first-order valence-corrected chi connectivity index (χ1v) is 11.0. The molecule has 3 aliphatic heterocycles. The molecular weight excluding hydrogens is 370 g/mol. The van der Waals surface area contributed by atoms with Crippen molar-refractivity contribution in [2.24, 2.45) is 0 Å². The number of hydrogen-bond acceptors (Lipinski definition) is 6. The van der Waals surface area contributed by atoms with Crippen LogP contribution in [0.1, 0.15) is 50.7 Å². The van der Waals surface area contributed by atoms with E-state index in [1.165, 1.54) is 5.56 Å². The van der Waals surface area contributed by atoms with Gasteiger partial charge in [0.15, 0.2) is 17.6 Å². The first kappa shape index (κ1) is 18.4. The van der Waals surface area contributed by atoms with E-state index in [1.807, 2.05) is 6.07 Å². The van der Waals surface area contributed by atoms with Crippen LogP contribution in [-0.4, -0.2) is 66.5 Å². The molecule has 1 aromatic carbocycles. The first-order chi connectivity index (χ1) is 13.8. The summed E-state index contributed by atoms with van der Waals surface area (Å²) in [7, 11) is 3.82. The van der Waals surface area contributed by atoms with E-state index in [0.29, 0.717) is 12.8 Å². The van der Waals surface area contributed by atoms with Gasteiger partial charge in [0.05, 0.1) is 30.3 Å². The molecule has 2 saturated heterocycles. The largest absolute Gasteiger partial charge is 0.493 e. The molecule has 6 heteroatoms. The fourth-order valence-corrected chi connectivity index (χ4v) is 7.37. The monoisotopic (exact) mass is 401 g/mol. The standard InChI is InChI=1S/C23H31NO5/c1-13-11-14(2)29-23(28-13)8-7-22(25)17-12-15-5-6-16(26-4)19-18(15)21(22,20(23)27-19)9-10-24(17)3/h5-6,13-14,17,20,25H,7-12H2,1-4H3/t13-,14+,17-,20-,21+,22?,23+/m1/s1. The first-order valence-electron chi connectivity index (χ1n) is 11.0. The minimum atomic E-state index is -0.864. The maximum Gasteiger partial charge on any atom is 0.207 e.